The fourth-order valence-corrected chi connectivity index (χ4v) is 2.60. The minimum Gasteiger partial charge on any atom is -0.480 e. The van der Waals surface area contributed by atoms with Crippen LogP contribution in [0.5, 0.6) is 0 Å². The van der Waals surface area contributed by atoms with Gasteiger partial charge in [-0.15, -0.1) is 0 Å². The number of aliphatic carboxylic acids is 1. The highest BCUT2D eigenvalue weighted by Gasteiger charge is 2.35. The second kappa shape index (κ2) is 7.67. The molecule has 4 nitrogen and oxygen atoms in total. The highest BCUT2D eigenvalue weighted by atomic mass is 16.5. The normalized spacial score (nSPS) is 25.3. The Bertz CT molecular complexity index is 233. The van der Waals surface area contributed by atoms with E-state index in [1.807, 2.05) is 0 Å². The van der Waals surface area contributed by atoms with Gasteiger partial charge in [0.2, 0.25) is 0 Å². The molecule has 0 saturated carbocycles. The summed E-state index contributed by atoms with van der Waals surface area (Å²) in [6.45, 7) is 4.47. The number of methoxy groups -OCH3 is 1. The molecule has 0 aromatic rings. The fraction of sp³-hybridized carbons (Fsp3) is 0.923. The van der Waals surface area contributed by atoms with E-state index in [0.29, 0.717) is 12.5 Å². The van der Waals surface area contributed by atoms with E-state index in [0.717, 1.165) is 19.5 Å². The third-order valence-electron chi connectivity index (χ3n) is 3.57. The molecule has 2 atom stereocenters. The number of carbonyl (C=O) groups is 1. The van der Waals surface area contributed by atoms with Crippen molar-refractivity contribution in [2.24, 2.45) is 5.92 Å². The van der Waals surface area contributed by atoms with E-state index in [4.69, 9.17) is 4.74 Å². The summed E-state index contributed by atoms with van der Waals surface area (Å²) in [5, 5.41) is 9.19. The van der Waals surface area contributed by atoms with Crippen molar-refractivity contribution in [3.05, 3.63) is 0 Å². The largest absolute Gasteiger partial charge is 0.480 e. The molecule has 0 aromatic carbocycles. The molecule has 1 aliphatic rings. The third-order valence-corrected chi connectivity index (χ3v) is 3.57. The van der Waals surface area contributed by atoms with E-state index >= 15 is 0 Å². The molecule has 1 heterocycles. The van der Waals surface area contributed by atoms with Gasteiger partial charge >= 0.3 is 5.97 Å². The SMILES string of the molecule is CCCCCC1CC(C(=O)O)N(CCOC)C1. The van der Waals surface area contributed by atoms with Crippen LogP contribution < -0.4 is 0 Å². The van der Waals surface area contributed by atoms with E-state index in [1.165, 1.54) is 25.7 Å². The molecule has 100 valence electrons. The third kappa shape index (κ3) is 4.64. The zero-order chi connectivity index (χ0) is 12.7. The monoisotopic (exact) mass is 243 g/mol. The van der Waals surface area contributed by atoms with Crippen molar-refractivity contribution in [1.82, 2.24) is 4.90 Å². The number of hydrogen-bond donors (Lipinski definition) is 1. The highest BCUT2D eigenvalue weighted by Crippen LogP contribution is 2.27. The molecular weight excluding hydrogens is 218 g/mol. The molecule has 1 aliphatic heterocycles. The van der Waals surface area contributed by atoms with Crippen molar-refractivity contribution < 1.29 is 14.6 Å². The lowest BCUT2D eigenvalue weighted by molar-refractivity contribution is -0.142. The number of hydrogen-bond acceptors (Lipinski definition) is 3. The number of unbranched alkanes of at least 4 members (excludes halogenated alkanes) is 2. The second-order valence-electron chi connectivity index (χ2n) is 4.94. The summed E-state index contributed by atoms with van der Waals surface area (Å²) in [5.41, 5.74) is 0. The first-order valence-corrected chi connectivity index (χ1v) is 6.64. The number of carboxylic acids is 1. The van der Waals surface area contributed by atoms with Crippen LogP contribution in [0.4, 0.5) is 0 Å². The van der Waals surface area contributed by atoms with E-state index in [-0.39, 0.29) is 6.04 Å². The van der Waals surface area contributed by atoms with Crippen molar-refractivity contribution in [3.8, 4) is 0 Å². The van der Waals surface area contributed by atoms with Crippen LogP contribution in [0.2, 0.25) is 0 Å². The lowest BCUT2D eigenvalue weighted by Crippen LogP contribution is -2.37. The molecule has 1 N–H and O–H groups in total. The van der Waals surface area contributed by atoms with Crippen molar-refractivity contribution in [1.29, 1.82) is 0 Å². The van der Waals surface area contributed by atoms with Crippen LogP contribution in [-0.2, 0) is 9.53 Å². The molecule has 1 rings (SSSR count). The molecule has 1 fully saturated rings. The average molecular weight is 243 g/mol. The van der Waals surface area contributed by atoms with Crippen LogP contribution in [0.25, 0.3) is 0 Å². The summed E-state index contributed by atoms with van der Waals surface area (Å²) in [6.07, 6.45) is 5.68. The van der Waals surface area contributed by atoms with Crippen molar-refractivity contribution in [2.45, 2.75) is 45.1 Å². The van der Waals surface area contributed by atoms with Gasteiger partial charge in [-0.05, 0) is 18.8 Å². The van der Waals surface area contributed by atoms with Crippen LogP contribution in [0.15, 0.2) is 0 Å². The van der Waals surface area contributed by atoms with Gasteiger partial charge < -0.3 is 9.84 Å². The molecule has 4 heteroatoms. The second-order valence-corrected chi connectivity index (χ2v) is 4.94. The Labute approximate surface area is 104 Å². The summed E-state index contributed by atoms with van der Waals surface area (Å²) < 4.78 is 5.03. The van der Waals surface area contributed by atoms with Crippen LogP contribution >= 0.6 is 0 Å². The van der Waals surface area contributed by atoms with Gasteiger partial charge in [0.25, 0.3) is 0 Å². The standard InChI is InChI=1S/C13H25NO3/c1-3-4-5-6-11-9-12(13(15)16)14(10-11)7-8-17-2/h11-12H,3-10H2,1-2H3,(H,15,16). The molecule has 17 heavy (non-hydrogen) atoms. The summed E-state index contributed by atoms with van der Waals surface area (Å²) in [7, 11) is 1.66. The quantitative estimate of drug-likeness (QED) is 0.662. The fourth-order valence-electron chi connectivity index (χ4n) is 2.60. The first kappa shape index (κ1) is 14.5. The van der Waals surface area contributed by atoms with Gasteiger partial charge in [0, 0.05) is 20.2 Å². The number of carboxylic acid groups (broad SMARTS) is 1. The van der Waals surface area contributed by atoms with Gasteiger partial charge in [0.15, 0.2) is 0 Å². The van der Waals surface area contributed by atoms with Crippen LogP contribution in [0.1, 0.15) is 39.0 Å². The number of likely N-dealkylation sites (tertiary alicyclic amines) is 1. The smallest absolute Gasteiger partial charge is 0.320 e. The molecule has 1 saturated heterocycles. The summed E-state index contributed by atoms with van der Waals surface area (Å²) >= 11 is 0. The van der Waals surface area contributed by atoms with Gasteiger partial charge in [0.1, 0.15) is 6.04 Å². The molecule has 0 aromatic heterocycles. The molecule has 0 radical (unpaired) electrons. The van der Waals surface area contributed by atoms with E-state index in [1.54, 1.807) is 7.11 Å². The zero-order valence-corrected chi connectivity index (χ0v) is 11.0. The lowest BCUT2D eigenvalue weighted by Gasteiger charge is -2.20. The summed E-state index contributed by atoms with van der Waals surface area (Å²) in [6, 6.07) is -0.295. The minimum atomic E-state index is -0.681. The zero-order valence-electron chi connectivity index (χ0n) is 11.0. The lowest BCUT2D eigenvalue weighted by atomic mass is 9.98. The van der Waals surface area contributed by atoms with Crippen LogP contribution in [0, 0.1) is 5.92 Å². The number of ether oxygens (including phenoxy) is 1. The Morgan fingerprint density at radius 3 is 2.82 bits per heavy atom. The van der Waals surface area contributed by atoms with Crippen molar-refractivity contribution in [2.75, 3.05) is 26.8 Å². The van der Waals surface area contributed by atoms with E-state index < -0.39 is 5.97 Å². The molecular formula is C13H25NO3. The maximum atomic E-state index is 11.2. The molecule has 0 aliphatic carbocycles. The molecule has 2 unspecified atom stereocenters. The highest BCUT2D eigenvalue weighted by molar-refractivity contribution is 5.73. The number of rotatable bonds is 8. The molecule has 0 amide bonds. The Kier molecular flexibility index (Phi) is 6.52. The topological polar surface area (TPSA) is 49.8 Å². The minimum absolute atomic E-state index is 0.295. The van der Waals surface area contributed by atoms with Crippen molar-refractivity contribution in [3.63, 3.8) is 0 Å². The van der Waals surface area contributed by atoms with Crippen molar-refractivity contribution >= 4 is 5.97 Å². The first-order chi connectivity index (χ1) is 8.19. The van der Waals surface area contributed by atoms with E-state index in [9.17, 15) is 9.90 Å². The molecule has 0 bridgehead atoms. The summed E-state index contributed by atoms with van der Waals surface area (Å²) in [4.78, 5) is 13.2. The van der Waals surface area contributed by atoms with Gasteiger partial charge in [-0.3, -0.25) is 9.69 Å². The Balaban J connectivity index is 2.38. The van der Waals surface area contributed by atoms with Crippen LogP contribution in [0.3, 0.4) is 0 Å². The van der Waals surface area contributed by atoms with Gasteiger partial charge in [-0.1, -0.05) is 26.2 Å². The predicted molar refractivity (Wildman–Crippen MR) is 67.1 cm³/mol. The predicted octanol–water partition coefficient (Wildman–Crippen LogP) is 1.99. The molecule has 0 spiro atoms. The van der Waals surface area contributed by atoms with Gasteiger partial charge in [-0.25, -0.2) is 0 Å². The van der Waals surface area contributed by atoms with Gasteiger partial charge in [0.05, 0.1) is 6.61 Å². The first-order valence-electron chi connectivity index (χ1n) is 6.64. The Morgan fingerprint density at radius 2 is 2.24 bits per heavy atom. The maximum Gasteiger partial charge on any atom is 0.320 e. The van der Waals surface area contributed by atoms with Crippen LogP contribution in [-0.4, -0.2) is 48.8 Å². The summed E-state index contributed by atoms with van der Waals surface area (Å²) in [5.74, 6) is -0.126. The van der Waals surface area contributed by atoms with E-state index in [2.05, 4.69) is 11.8 Å². The maximum absolute atomic E-state index is 11.2. The Morgan fingerprint density at radius 1 is 1.47 bits per heavy atom. The number of nitrogens with zero attached hydrogens (tertiary/aromatic N) is 1. The average Bonchev–Trinajstić information content (AvgIpc) is 2.70. The van der Waals surface area contributed by atoms with Gasteiger partial charge in [-0.2, -0.15) is 0 Å². The Hall–Kier alpha value is -0.610.